The van der Waals surface area contributed by atoms with Crippen molar-refractivity contribution in [3.05, 3.63) is 52.6 Å². The van der Waals surface area contributed by atoms with Crippen LogP contribution in [0.3, 0.4) is 0 Å². The SMILES string of the molecule is Nc1ccn([C@@H]2S[C@H](CO[PH]3(O)OCc4ccccc4O3)[C@@H](O)[C@@H]2F)c(=O)n1. The minimum absolute atomic E-state index is 0.0280. The minimum atomic E-state index is -3.97. The van der Waals surface area contributed by atoms with Crippen LogP contribution in [0.15, 0.2) is 41.3 Å². The van der Waals surface area contributed by atoms with Gasteiger partial charge in [0.05, 0.1) is 0 Å². The van der Waals surface area contributed by atoms with Gasteiger partial charge in [-0.1, -0.05) is 0 Å². The molecule has 4 N–H and O–H groups in total. The van der Waals surface area contributed by atoms with E-state index in [1.54, 1.807) is 18.2 Å². The summed E-state index contributed by atoms with van der Waals surface area (Å²) in [7, 11) is -3.97. The van der Waals surface area contributed by atoms with Crippen molar-refractivity contribution in [2.24, 2.45) is 0 Å². The van der Waals surface area contributed by atoms with Gasteiger partial charge in [-0.15, -0.1) is 0 Å². The van der Waals surface area contributed by atoms with Gasteiger partial charge in [0, 0.05) is 0 Å². The summed E-state index contributed by atoms with van der Waals surface area (Å²) in [6, 6.07) is 8.44. The molecule has 4 rings (SSSR count). The summed E-state index contributed by atoms with van der Waals surface area (Å²) < 4.78 is 31.9. The van der Waals surface area contributed by atoms with Crippen LogP contribution in [0.2, 0.25) is 0 Å². The number of fused-ring (bicyclic) bond motifs is 1. The van der Waals surface area contributed by atoms with E-state index in [2.05, 4.69) is 4.98 Å². The van der Waals surface area contributed by atoms with Crippen molar-refractivity contribution >= 4 is 25.7 Å². The molecule has 0 bridgehead atoms. The Labute approximate surface area is 163 Å². The number of nitrogen functional groups attached to an aromatic ring is 1. The second-order valence-electron chi connectivity index (χ2n) is 6.38. The molecule has 1 aromatic heterocycles. The van der Waals surface area contributed by atoms with E-state index in [-0.39, 0.29) is 19.0 Å². The Hall–Kier alpha value is -1.75. The first-order chi connectivity index (χ1) is 13.4. The number of halogens is 1. The maximum absolute atomic E-state index is 14.6. The molecule has 28 heavy (non-hydrogen) atoms. The molecule has 0 aliphatic carbocycles. The summed E-state index contributed by atoms with van der Waals surface area (Å²) in [5.74, 6) is 0.489. The molecule has 3 heterocycles. The molecule has 9 nitrogen and oxygen atoms in total. The third kappa shape index (κ3) is 3.73. The third-order valence-electron chi connectivity index (χ3n) is 4.47. The van der Waals surface area contributed by atoms with Gasteiger partial charge in [-0.2, -0.15) is 0 Å². The molecule has 12 heteroatoms. The summed E-state index contributed by atoms with van der Waals surface area (Å²) >= 11 is 1.01. The van der Waals surface area contributed by atoms with Gasteiger partial charge in [0.1, 0.15) is 0 Å². The number of anilines is 1. The number of aliphatic hydroxyl groups excluding tert-OH is 1. The molecular formula is C16H19FN3O6PS. The Balaban J connectivity index is 1.44. The summed E-state index contributed by atoms with van der Waals surface area (Å²) in [6.45, 7) is -0.0923. The molecule has 0 saturated carbocycles. The fraction of sp³-hybridized carbons (Fsp3) is 0.375. The molecule has 1 aromatic carbocycles. The van der Waals surface area contributed by atoms with Crippen LogP contribution in [-0.4, -0.2) is 43.7 Å². The quantitative estimate of drug-likeness (QED) is 0.611. The van der Waals surface area contributed by atoms with Gasteiger partial charge in [0.2, 0.25) is 0 Å². The van der Waals surface area contributed by atoms with E-state index in [1.807, 2.05) is 6.07 Å². The number of alkyl halides is 1. The molecule has 4 atom stereocenters. The third-order valence-corrected chi connectivity index (χ3v) is 7.52. The molecule has 0 spiro atoms. The number of nitrogens with zero attached hydrogens (tertiary/aromatic N) is 2. The second-order valence-corrected chi connectivity index (χ2v) is 9.57. The number of rotatable bonds is 4. The number of thioether (sulfide) groups is 1. The molecule has 1 fully saturated rings. The average molecular weight is 431 g/mol. The van der Waals surface area contributed by atoms with Crippen molar-refractivity contribution < 1.29 is 28.0 Å². The number of benzene rings is 1. The van der Waals surface area contributed by atoms with E-state index < -0.39 is 36.8 Å². The van der Waals surface area contributed by atoms with Crippen LogP contribution in [0.5, 0.6) is 5.75 Å². The van der Waals surface area contributed by atoms with Gasteiger partial charge in [-0.05, 0) is 0 Å². The number of aliphatic hydroxyl groups is 1. The normalized spacial score (nSPS) is 29.7. The first kappa shape index (κ1) is 19.6. The van der Waals surface area contributed by atoms with Crippen LogP contribution in [0.25, 0.3) is 0 Å². The number of aromatic nitrogens is 2. The van der Waals surface area contributed by atoms with Crippen LogP contribution in [0.4, 0.5) is 10.2 Å². The van der Waals surface area contributed by atoms with E-state index in [9.17, 15) is 19.2 Å². The molecule has 0 radical (unpaired) electrons. The van der Waals surface area contributed by atoms with Gasteiger partial charge in [0.25, 0.3) is 0 Å². The Kier molecular flexibility index (Phi) is 5.30. The van der Waals surface area contributed by atoms with Gasteiger partial charge in [-0.25, -0.2) is 0 Å². The topological polar surface area (TPSA) is 129 Å². The van der Waals surface area contributed by atoms with E-state index in [4.69, 9.17) is 19.3 Å². The van der Waals surface area contributed by atoms with E-state index in [1.165, 1.54) is 12.3 Å². The molecule has 0 amide bonds. The standard InChI is InChI=1S/C16H19FN3O6PS/c17-13-14(21)11(28-15(13)20-6-5-12(18)19-16(20)22)8-25-27(23)24-7-9-3-1-2-4-10(9)26-27/h1-6,11,13-15,21,23,27H,7-8H2,(H2,18,19,22)/t11-,13+,14-,15-/m1/s1. The zero-order chi connectivity index (χ0) is 19.9. The molecule has 0 unspecified atom stereocenters. The zero-order valence-electron chi connectivity index (χ0n) is 14.5. The number of para-hydroxylation sites is 1. The fourth-order valence-corrected chi connectivity index (χ4v) is 5.95. The first-order valence-electron chi connectivity index (χ1n) is 8.46. The van der Waals surface area contributed by atoms with Gasteiger partial charge in [0.15, 0.2) is 0 Å². The Morgan fingerprint density at radius 3 is 3.00 bits per heavy atom. The van der Waals surface area contributed by atoms with Gasteiger partial charge in [-0.3, -0.25) is 0 Å². The average Bonchev–Trinajstić information content (AvgIpc) is 2.95. The predicted octanol–water partition coefficient (Wildman–Crippen LogP) is 1.17. The van der Waals surface area contributed by atoms with Crippen molar-refractivity contribution in [2.75, 3.05) is 12.3 Å². The van der Waals surface area contributed by atoms with Crippen LogP contribution in [0, 0.1) is 0 Å². The van der Waals surface area contributed by atoms with Crippen molar-refractivity contribution in [1.82, 2.24) is 9.55 Å². The first-order valence-corrected chi connectivity index (χ1v) is 11.1. The van der Waals surface area contributed by atoms with Crippen molar-refractivity contribution in [3.63, 3.8) is 0 Å². The monoisotopic (exact) mass is 431 g/mol. The summed E-state index contributed by atoms with van der Waals surface area (Å²) in [5, 5.41) is 8.49. The van der Waals surface area contributed by atoms with E-state index in [0.29, 0.717) is 5.75 Å². The summed E-state index contributed by atoms with van der Waals surface area (Å²) in [6.07, 6.45) is -1.81. The molecule has 1 saturated heterocycles. The zero-order valence-corrected chi connectivity index (χ0v) is 16.3. The van der Waals surface area contributed by atoms with Crippen LogP contribution < -0.4 is 15.9 Å². The van der Waals surface area contributed by atoms with Gasteiger partial charge >= 0.3 is 163 Å². The van der Waals surface area contributed by atoms with Crippen molar-refractivity contribution in [1.29, 1.82) is 0 Å². The maximum atomic E-state index is 14.6. The second kappa shape index (κ2) is 7.58. The van der Waals surface area contributed by atoms with Crippen LogP contribution in [0.1, 0.15) is 10.9 Å². The Bertz CT molecular complexity index is 935. The van der Waals surface area contributed by atoms with Crippen LogP contribution in [-0.2, 0) is 15.7 Å². The number of hydrogen-bond donors (Lipinski definition) is 3. The molecule has 2 aliphatic heterocycles. The molecule has 152 valence electrons. The van der Waals surface area contributed by atoms with Gasteiger partial charge < -0.3 is 0 Å². The summed E-state index contributed by atoms with van der Waals surface area (Å²) in [5.41, 5.74) is 5.51. The van der Waals surface area contributed by atoms with Crippen molar-refractivity contribution in [3.8, 4) is 5.75 Å². The molecular weight excluding hydrogens is 412 g/mol. The Morgan fingerprint density at radius 2 is 2.21 bits per heavy atom. The summed E-state index contributed by atoms with van der Waals surface area (Å²) in [4.78, 5) is 26.0. The number of nitrogens with two attached hydrogens (primary N) is 1. The number of hydrogen-bond acceptors (Lipinski definition) is 9. The van der Waals surface area contributed by atoms with Crippen molar-refractivity contribution in [2.45, 2.75) is 29.5 Å². The van der Waals surface area contributed by atoms with E-state index >= 15 is 0 Å². The molecule has 2 aliphatic rings. The Morgan fingerprint density at radius 1 is 1.43 bits per heavy atom. The predicted molar refractivity (Wildman–Crippen MR) is 103 cm³/mol. The molecule has 2 aromatic rings. The fourth-order valence-electron chi connectivity index (χ4n) is 3.00. The van der Waals surface area contributed by atoms with E-state index in [0.717, 1.165) is 21.9 Å². The van der Waals surface area contributed by atoms with Crippen LogP contribution >= 0.6 is 19.9 Å².